The highest BCUT2D eigenvalue weighted by Crippen LogP contribution is 2.32. The fourth-order valence-electron chi connectivity index (χ4n) is 3.56. The fourth-order valence-corrected chi connectivity index (χ4v) is 3.56. The Morgan fingerprint density at radius 3 is 2.93 bits per heavy atom. The largest absolute Gasteiger partial charge is 0.492 e. The number of pyridine rings is 1. The van der Waals surface area contributed by atoms with Gasteiger partial charge in [-0.1, -0.05) is 6.07 Å². The van der Waals surface area contributed by atoms with Gasteiger partial charge < -0.3 is 10.1 Å². The van der Waals surface area contributed by atoms with E-state index < -0.39 is 0 Å². The first-order valence-electron chi connectivity index (χ1n) is 9.66. The molecule has 1 aliphatic rings. The van der Waals surface area contributed by atoms with Gasteiger partial charge in [0.25, 0.3) is 5.91 Å². The van der Waals surface area contributed by atoms with Crippen molar-refractivity contribution in [2.24, 2.45) is 0 Å². The summed E-state index contributed by atoms with van der Waals surface area (Å²) in [7, 11) is 0. The zero-order valence-corrected chi connectivity index (χ0v) is 16.0. The van der Waals surface area contributed by atoms with Crippen LogP contribution in [0.2, 0.25) is 0 Å². The van der Waals surface area contributed by atoms with Gasteiger partial charge in [-0.05, 0) is 48.5 Å². The molecule has 0 saturated carbocycles. The number of ether oxygens (including phenoxy) is 1. The molecule has 148 valence electrons. The van der Waals surface area contributed by atoms with Gasteiger partial charge in [-0.25, -0.2) is 0 Å². The number of nitrogens with zero attached hydrogens (tertiary/aromatic N) is 2. The molecule has 1 amide bonds. The second-order valence-electron chi connectivity index (χ2n) is 7.07. The van der Waals surface area contributed by atoms with Crippen LogP contribution in [0.1, 0.15) is 32.8 Å². The van der Waals surface area contributed by atoms with Crippen molar-refractivity contribution in [3.63, 3.8) is 0 Å². The summed E-state index contributed by atoms with van der Waals surface area (Å²) in [4.78, 5) is 29.1. The molecule has 1 aliphatic heterocycles. The molecule has 0 atom stereocenters. The molecule has 0 aliphatic carbocycles. The van der Waals surface area contributed by atoms with Crippen LogP contribution in [0, 0.1) is 0 Å². The van der Waals surface area contributed by atoms with Crippen LogP contribution in [0.5, 0.6) is 5.75 Å². The van der Waals surface area contributed by atoms with E-state index in [9.17, 15) is 9.59 Å². The second kappa shape index (κ2) is 7.44. The van der Waals surface area contributed by atoms with E-state index in [0.717, 1.165) is 22.2 Å². The molecule has 30 heavy (non-hydrogen) atoms. The Kier molecular flexibility index (Phi) is 4.48. The quantitative estimate of drug-likeness (QED) is 0.548. The Morgan fingerprint density at radius 2 is 2.07 bits per heavy atom. The highest BCUT2D eigenvalue weighted by atomic mass is 16.5. The van der Waals surface area contributed by atoms with Gasteiger partial charge in [0.05, 0.1) is 35.6 Å². The summed E-state index contributed by atoms with van der Waals surface area (Å²) in [5, 5.41) is 11.1. The number of carbonyl (C=O) groups excluding carboxylic acids is 2. The van der Waals surface area contributed by atoms with Gasteiger partial charge >= 0.3 is 0 Å². The van der Waals surface area contributed by atoms with Crippen molar-refractivity contribution < 1.29 is 14.3 Å². The Balaban J connectivity index is 1.46. The molecule has 0 fully saturated rings. The minimum atomic E-state index is -0.191. The smallest absolute Gasteiger partial charge is 0.251 e. The number of rotatable bonds is 4. The summed E-state index contributed by atoms with van der Waals surface area (Å²) < 4.78 is 5.56. The average Bonchev–Trinajstić information content (AvgIpc) is 3.21. The molecule has 0 bridgehead atoms. The van der Waals surface area contributed by atoms with E-state index in [4.69, 9.17) is 4.74 Å². The maximum atomic E-state index is 12.6. The third-order valence-corrected chi connectivity index (χ3v) is 5.12. The van der Waals surface area contributed by atoms with Crippen molar-refractivity contribution in [2.45, 2.75) is 13.0 Å². The van der Waals surface area contributed by atoms with Crippen LogP contribution in [-0.4, -0.2) is 33.5 Å². The van der Waals surface area contributed by atoms with Gasteiger partial charge in [0.1, 0.15) is 5.75 Å². The lowest BCUT2D eigenvalue weighted by Crippen LogP contribution is -2.23. The van der Waals surface area contributed by atoms with E-state index in [0.29, 0.717) is 42.1 Å². The first-order chi connectivity index (χ1) is 14.7. The van der Waals surface area contributed by atoms with Crippen molar-refractivity contribution in [1.29, 1.82) is 0 Å². The number of carbonyl (C=O) groups is 2. The van der Waals surface area contributed by atoms with E-state index in [1.807, 2.05) is 30.3 Å². The molecular weight excluding hydrogens is 380 g/mol. The Labute approximate surface area is 172 Å². The second-order valence-corrected chi connectivity index (χ2v) is 7.07. The van der Waals surface area contributed by atoms with Gasteiger partial charge in [-0.2, -0.15) is 5.10 Å². The van der Waals surface area contributed by atoms with Crippen LogP contribution in [-0.2, 0) is 6.54 Å². The van der Waals surface area contributed by atoms with Crippen LogP contribution in [0.4, 0.5) is 0 Å². The monoisotopic (exact) mass is 398 g/mol. The number of benzene rings is 2. The minimum absolute atomic E-state index is 0.0625. The normalized spacial score (nSPS) is 13.0. The van der Waals surface area contributed by atoms with E-state index in [-0.39, 0.29) is 11.7 Å². The molecule has 2 N–H and O–H groups in total. The number of Topliss-reactive ketones (excluding diaryl/α,β-unsaturated/α-hetero) is 1. The first-order valence-corrected chi connectivity index (χ1v) is 9.66. The summed E-state index contributed by atoms with van der Waals surface area (Å²) in [5.74, 6) is 0.473. The summed E-state index contributed by atoms with van der Waals surface area (Å²) in [6.07, 6.45) is 2.07. The summed E-state index contributed by atoms with van der Waals surface area (Å²) in [5.41, 5.74) is 4.18. The maximum absolute atomic E-state index is 12.6. The Bertz CT molecular complexity index is 1260. The van der Waals surface area contributed by atoms with Gasteiger partial charge in [-0.15, -0.1) is 0 Å². The predicted octanol–water partition coefficient (Wildman–Crippen LogP) is 3.52. The molecule has 0 spiro atoms. The van der Waals surface area contributed by atoms with Crippen LogP contribution < -0.4 is 10.1 Å². The summed E-state index contributed by atoms with van der Waals surface area (Å²) >= 11 is 0. The summed E-state index contributed by atoms with van der Waals surface area (Å²) in [6.45, 7) is 0.760. The number of aromatic nitrogens is 3. The SMILES string of the molecule is O=C(NCc1ccccn1)c1ccc2[nH]nc(-c3ccc4c(c3)C(=O)CCO4)c2c1. The predicted molar refractivity (Wildman–Crippen MR) is 111 cm³/mol. The number of hydrogen-bond acceptors (Lipinski definition) is 5. The molecule has 2 aromatic heterocycles. The minimum Gasteiger partial charge on any atom is -0.492 e. The van der Waals surface area contributed by atoms with E-state index >= 15 is 0 Å². The number of aromatic amines is 1. The van der Waals surface area contributed by atoms with Crippen molar-refractivity contribution in [1.82, 2.24) is 20.5 Å². The lowest BCUT2D eigenvalue weighted by Gasteiger charge is -2.16. The molecule has 0 radical (unpaired) electrons. The van der Waals surface area contributed by atoms with Crippen molar-refractivity contribution in [2.75, 3.05) is 6.61 Å². The molecule has 0 unspecified atom stereocenters. The maximum Gasteiger partial charge on any atom is 0.251 e. The molecule has 3 heterocycles. The highest BCUT2D eigenvalue weighted by molar-refractivity contribution is 6.04. The van der Waals surface area contributed by atoms with E-state index in [1.165, 1.54) is 0 Å². The molecule has 7 nitrogen and oxygen atoms in total. The van der Waals surface area contributed by atoms with E-state index in [2.05, 4.69) is 20.5 Å². The van der Waals surface area contributed by atoms with E-state index in [1.54, 1.807) is 30.5 Å². The van der Waals surface area contributed by atoms with Crippen molar-refractivity contribution in [3.8, 4) is 17.0 Å². The topological polar surface area (TPSA) is 97.0 Å². The number of ketones is 1. The number of amides is 1. The zero-order chi connectivity index (χ0) is 20.5. The number of nitrogens with one attached hydrogen (secondary N) is 2. The fraction of sp³-hybridized carbons (Fsp3) is 0.130. The third-order valence-electron chi connectivity index (χ3n) is 5.12. The highest BCUT2D eigenvalue weighted by Gasteiger charge is 2.20. The average molecular weight is 398 g/mol. The lowest BCUT2D eigenvalue weighted by molar-refractivity contribution is 0.0930. The van der Waals surface area contributed by atoms with Crippen molar-refractivity contribution >= 4 is 22.6 Å². The first kappa shape index (κ1) is 18.1. The third kappa shape index (κ3) is 3.30. The van der Waals surface area contributed by atoms with Crippen LogP contribution in [0.25, 0.3) is 22.2 Å². The Morgan fingerprint density at radius 1 is 1.13 bits per heavy atom. The van der Waals surface area contributed by atoms with Gasteiger partial charge in [0.2, 0.25) is 0 Å². The lowest BCUT2D eigenvalue weighted by atomic mass is 9.99. The molecule has 0 saturated heterocycles. The molecule has 5 rings (SSSR count). The van der Waals surface area contributed by atoms with Crippen LogP contribution in [0.15, 0.2) is 60.8 Å². The van der Waals surface area contributed by atoms with Crippen LogP contribution in [0.3, 0.4) is 0 Å². The number of hydrogen-bond donors (Lipinski definition) is 2. The molecule has 2 aromatic carbocycles. The standard InChI is InChI=1S/C23H18N4O3/c28-20-8-10-30-21-7-5-14(11-18(20)21)22-17-12-15(4-6-19(17)26-27-22)23(29)25-13-16-3-1-2-9-24-16/h1-7,9,11-12H,8,10,13H2,(H,25,29)(H,26,27). The number of H-pyrrole nitrogens is 1. The molecule has 7 heteroatoms. The molecular formula is C23H18N4O3. The zero-order valence-electron chi connectivity index (χ0n) is 16.0. The summed E-state index contributed by atoms with van der Waals surface area (Å²) in [6, 6.07) is 16.4. The van der Waals surface area contributed by atoms with Gasteiger partial charge in [0, 0.05) is 29.1 Å². The van der Waals surface area contributed by atoms with Gasteiger partial charge in [-0.3, -0.25) is 19.7 Å². The van der Waals surface area contributed by atoms with Gasteiger partial charge in [0.15, 0.2) is 5.78 Å². The van der Waals surface area contributed by atoms with Crippen molar-refractivity contribution in [3.05, 3.63) is 77.6 Å². The van der Waals surface area contributed by atoms with Crippen LogP contribution >= 0.6 is 0 Å². The Hall–Kier alpha value is -4.00. The molecule has 4 aromatic rings. The number of fused-ring (bicyclic) bond motifs is 2.